The number of nitrogens with one attached hydrogen (secondary N) is 2. The molecule has 0 spiro atoms. The highest BCUT2D eigenvalue weighted by molar-refractivity contribution is 6.05. The summed E-state index contributed by atoms with van der Waals surface area (Å²) in [7, 11) is 0. The maximum absolute atomic E-state index is 11.2. The van der Waals surface area contributed by atoms with Gasteiger partial charge in [0, 0.05) is 24.4 Å². The van der Waals surface area contributed by atoms with Crippen molar-refractivity contribution in [2.24, 2.45) is 0 Å². The molecule has 0 unspecified atom stereocenters. The van der Waals surface area contributed by atoms with Gasteiger partial charge in [-0.1, -0.05) is 12.1 Å². The van der Waals surface area contributed by atoms with Crippen LogP contribution in [0.25, 0.3) is 22.1 Å². The Labute approximate surface area is 141 Å². The van der Waals surface area contributed by atoms with Crippen LogP contribution in [0.15, 0.2) is 39.8 Å². The second-order valence-corrected chi connectivity index (χ2v) is 6.30. The van der Waals surface area contributed by atoms with Gasteiger partial charge in [-0.3, -0.25) is 4.98 Å². The van der Waals surface area contributed by atoms with E-state index in [9.17, 15) is 4.79 Å². The van der Waals surface area contributed by atoms with Gasteiger partial charge in [0.2, 0.25) is 0 Å². The molecule has 1 fully saturated rings. The normalized spacial score (nSPS) is 16.1. The van der Waals surface area contributed by atoms with Crippen molar-refractivity contribution < 1.29 is 4.42 Å². The highest BCUT2D eigenvalue weighted by Crippen LogP contribution is 2.34. The number of anilines is 1. The molecule has 0 aliphatic carbocycles. The summed E-state index contributed by atoms with van der Waals surface area (Å²) < 4.78 is 6.02. The van der Waals surface area contributed by atoms with Gasteiger partial charge in [0.15, 0.2) is 11.4 Å². The summed E-state index contributed by atoms with van der Waals surface area (Å²) in [5.74, 6) is 1.82. The Hall–Kier alpha value is -3.16. The lowest BCUT2D eigenvalue weighted by Gasteiger charge is -2.31. The smallest absolute Gasteiger partial charge is 0.340 e. The van der Waals surface area contributed by atoms with E-state index in [2.05, 4.69) is 30.0 Å². The zero-order valence-corrected chi connectivity index (χ0v) is 13.4. The van der Waals surface area contributed by atoms with Crippen LogP contribution in [-0.4, -0.2) is 38.2 Å². The van der Waals surface area contributed by atoms with E-state index < -0.39 is 0 Å². The molecule has 126 valence electrons. The summed E-state index contributed by atoms with van der Waals surface area (Å²) in [5.41, 5.74) is 2.15. The molecule has 1 aliphatic rings. The van der Waals surface area contributed by atoms with Crippen molar-refractivity contribution in [1.82, 2.24) is 25.1 Å². The molecular weight excluding hydrogens is 320 g/mol. The lowest BCUT2D eigenvalue weighted by Crippen LogP contribution is -2.34. The molecule has 4 heterocycles. The highest BCUT2D eigenvalue weighted by Gasteiger charge is 2.26. The molecule has 1 aromatic carbocycles. The van der Waals surface area contributed by atoms with Crippen LogP contribution in [0, 0.1) is 0 Å². The number of para-hydroxylation sites is 1. The van der Waals surface area contributed by atoms with E-state index in [1.165, 1.54) is 0 Å². The van der Waals surface area contributed by atoms with Crippen LogP contribution in [0.1, 0.15) is 24.6 Å². The molecule has 1 saturated heterocycles. The van der Waals surface area contributed by atoms with Gasteiger partial charge in [0.25, 0.3) is 0 Å². The number of nitrogens with zero attached hydrogens (tertiary/aromatic N) is 4. The van der Waals surface area contributed by atoms with Crippen LogP contribution < -0.4 is 10.6 Å². The maximum atomic E-state index is 11.2. The van der Waals surface area contributed by atoms with E-state index in [4.69, 9.17) is 4.42 Å². The van der Waals surface area contributed by atoms with Gasteiger partial charge >= 0.3 is 5.69 Å². The van der Waals surface area contributed by atoms with Crippen molar-refractivity contribution in [2.75, 3.05) is 18.0 Å². The van der Waals surface area contributed by atoms with Crippen molar-refractivity contribution in [3.8, 4) is 0 Å². The minimum Gasteiger partial charge on any atom is -0.450 e. The Balaban J connectivity index is 1.47. The molecule has 0 bridgehead atoms. The molecule has 5 rings (SSSR count). The molecule has 25 heavy (non-hydrogen) atoms. The predicted molar refractivity (Wildman–Crippen MR) is 92.7 cm³/mol. The first-order valence-electron chi connectivity index (χ1n) is 8.31. The van der Waals surface area contributed by atoms with Crippen molar-refractivity contribution in [2.45, 2.75) is 18.8 Å². The Bertz CT molecular complexity index is 1100. The topological polar surface area (TPSA) is 104 Å². The van der Waals surface area contributed by atoms with E-state index in [1.54, 1.807) is 6.33 Å². The summed E-state index contributed by atoms with van der Waals surface area (Å²) in [6.45, 7) is 1.64. The van der Waals surface area contributed by atoms with Crippen LogP contribution in [0.4, 0.5) is 5.82 Å². The Kier molecular flexibility index (Phi) is 3.09. The molecule has 1 aliphatic heterocycles. The molecule has 2 N–H and O–H groups in total. The molecule has 0 amide bonds. The zero-order chi connectivity index (χ0) is 16.8. The number of benzene rings is 1. The fourth-order valence-electron chi connectivity index (χ4n) is 3.58. The van der Waals surface area contributed by atoms with Gasteiger partial charge in [-0.05, 0) is 25.0 Å². The lowest BCUT2D eigenvalue weighted by atomic mass is 9.96. The SMILES string of the molecule is O=c1[nH]nc(C2CCN(c3ncnc4c3oc3ccccc34)CC2)[nH]1. The Morgan fingerprint density at radius 1 is 1.16 bits per heavy atom. The third-order valence-corrected chi connectivity index (χ3v) is 4.84. The van der Waals surface area contributed by atoms with E-state index in [0.29, 0.717) is 0 Å². The third kappa shape index (κ3) is 2.29. The van der Waals surface area contributed by atoms with Gasteiger partial charge in [0.1, 0.15) is 23.3 Å². The summed E-state index contributed by atoms with van der Waals surface area (Å²) in [6.07, 6.45) is 3.38. The van der Waals surface area contributed by atoms with Gasteiger partial charge in [0.05, 0.1) is 0 Å². The summed E-state index contributed by atoms with van der Waals surface area (Å²) in [5, 5.41) is 7.50. The summed E-state index contributed by atoms with van der Waals surface area (Å²) in [6, 6.07) is 7.89. The fraction of sp³-hybridized carbons (Fsp3) is 0.294. The summed E-state index contributed by atoms with van der Waals surface area (Å²) in [4.78, 5) is 25.1. The third-order valence-electron chi connectivity index (χ3n) is 4.84. The number of furan rings is 1. The molecule has 8 nitrogen and oxygen atoms in total. The van der Waals surface area contributed by atoms with Crippen LogP contribution in [0.5, 0.6) is 0 Å². The van der Waals surface area contributed by atoms with Crippen LogP contribution in [-0.2, 0) is 0 Å². The van der Waals surface area contributed by atoms with Gasteiger partial charge in [-0.25, -0.2) is 19.9 Å². The molecule has 0 radical (unpaired) electrons. The standard InChI is InChI=1S/C17H16N6O2/c24-17-20-15(21-22-17)10-5-7-23(8-6-10)16-14-13(18-9-19-16)11-3-1-2-4-12(11)25-14/h1-4,9-10H,5-8H2,(H2,20,21,22,24). The van der Waals surface area contributed by atoms with Crippen LogP contribution >= 0.6 is 0 Å². The monoisotopic (exact) mass is 336 g/mol. The van der Waals surface area contributed by atoms with Crippen molar-refractivity contribution in [3.63, 3.8) is 0 Å². The number of H-pyrrole nitrogens is 2. The largest absolute Gasteiger partial charge is 0.450 e. The van der Waals surface area contributed by atoms with E-state index >= 15 is 0 Å². The minimum atomic E-state index is -0.253. The second kappa shape index (κ2) is 5.44. The van der Waals surface area contributed by atoms with Crippen molar-refractivity contribution in [1.29, 1.82) is 0 Å². The molecule has 8 heteroatoms. The fourth-order valence-corrected chi connectivity index (χ4v) is 3.58. The van der Waals surface area contributed by atoms with Crippen LogP contribution in [0.2, 0.25) is 0 Å². The molecule has 4 aromatic rings. The summed E-state index contributed by atoms with van der Waals surface area (Å²) >= 11 is 0. The lowest BCUT2D eigenvalue weighted by molar-refractivity contribution is 0.483. The number of piperidine rings is 1. The number of hydrogen-bond acceptors (Lipinski definition) is 6. The zero-order valence-electron chi connectivity index (χ0n) is 13.4. The average molecular weight is 336 g/mol. The predicted octanol–water partition coefficient (Wildman–Crippen LogP) is 2.17. The van der Waals surface area contributed by atoms with E-state index in [0.717, 1.165) is 59.6 Å². The van der Waals surface area contributed by atoms with Crippen molar-refractivity contribution >= 4 is 27.9 Å². The van der Waals surface area contributed by atoms with Gasteiger partial charge in [-0.2, -0.15) is 5.10 Å². The Morgan fingerprint density at radius 2 is 2.00 bits per heavy atom. The molecule has 0 atom stereocenters. The number of aromatic amines is 2. The highest BCUT2D eigenvalue weighted by atomic mass is 16.3. The Morgan fingerprint density at radius 3 is 2.80 bits per heavy atom. The molecular formula is C17H16N6O2. The quantitative estimate of drug-likeness (QED) is 0.581. The molecule has 0 saturated carbocycles. The molecule has 3 aromatic heterocycles. The number of aromatic nitrogens is 5. The number of fused-ring (bicyclic) bond motifs is 3. The minimum absolute atomic E-state index is 0.253. The number of hydrogen-bond donors (Lipinski definition) is 2. The van der Waals surface area contributed by atoms with E-state index in [-0.39, 0.29) is 11.6 Å². The first-order valence-corrected chi connectivity index (χ1v) is 8.31. The average Bonchev–Trinajstić information content (AvgIpc) is 3.25. The van der Waals surface area contributed by atoms with Gasteiger partial charge in [-0.15, -0.1) is 0 Å². The number of rotatable bonds is 2. The second-order valence-electron chi connectivity index (χ2n) is 6.30. The van der Waals surface area contributed by atoms with E-state index in [1.807, 2.05) is 24.3 Å². The first kappa shape index (κ1) is 14.2. The first-order chi connectivity index (χ1) is 12.3. The van der Waals surface area contributed by atoms with Gasteiger partial charge < -0.3 is 9.32 Å². The van der Waals surface area contributed by atoms with Crippen LogP contribution in [0.3, 0.4) is 0 Å². The van der Waals surface area contributed by atoms with Crippen molar-refractivity contribution in [3.05, 3.63) is 46.9 Å². The maximum Gasteiger partial charge on any atom is 0.340 e.